The molecule has 0 rings (SSSR count). The van der Waals surface area contributed by atoms with Gasteiger partial charge in [0, 0.05) is 5.92 Å². The van der Waals surface area contributed by atoms with E-state index in [0.29, 0.717) is 6.23 Å². The molecule has 0 fully saturated rings. The molecule has 0 amide bonds. The first-order valence-electron chi connectivity index (χ1n) is 5.27. The van der Waals surface area contributed by atoms with Crippen LogP contribution in [-0.2, 0) is 19.0 Å². The van der Waals surface area contributed by atoms with Crippen LogP contribution in [0, 0.1) is 11.8 Å². The molecule has 0 aromatic carbocycles. The Morgan fingerprint density at radius 2 is 1.88 bits per heavy atom. The van der Waals surface area contributed by atoms with Crippen LogP contribution in [0.2, 0.25) is 32.7 Å². The van der Waals surface area contributed by atoms with Crippen LogP contribution in [0.5, 0.6) is 0 Å². The van der Waals surface area contributed by atoms with Crippen molar-refractivity contribution in [2.75, 3.05) is 12.8 Å². The summed E-state index contributed by atoms with van der Waals surface area (Å²) in [5.41, 5.74) is 0. The van der Waals surface area contributed by atoms with Gasteiger partial charge in [-0.1, -0.05) is 19.0 Å². The number of hydrogen-bond donors (Lipinski definition) is 0. The van der Waals surface area contributed by atoms with Crippen molar-refractivity contribution in [2.45, 2.75) is 32.7 Å². The fraction of sp³-hybridized carbons (Fsp3) is 0.700. The summed E-state index contributed by atoms with van der Waals surface area (Å²) < 4.78 is 5.12. The predicted molar refractivity (Wildman–Crippen MR) is 68.0 cm³/mol. The van der Waals surface area contributed by atoms with E-state index in [2.05, 4.69) is 24.9 Å². The molecule has 0 radical (unpaired) electrons. The van der Waals surface area contributed by atoms with Crippen LogP contribution in [0.3, 0.4) is 0 Å². The van der Waals surface area contributed by atoms with Crippen molar-refractivity contribution in [1.82, 2.24) is 0 Å². The Morgan fingerprint density at radius 3 is 2.38 bits per heavy atom. The normalized spacial score (nSPS) is 10.9. The summed E-state index contributed by atoms with van der Waals surface area (Å²) in [4.78, 5) is 20.8. The second kappa shape index (κ2) is 7.62. The minimum Gasteiger partial charge on any atom is -0.511 e. The summed E-state index contributed by atoms with van der Waals surface area (Å²) in [6.07, 6.45) is 0.654. The van der Waals surface area contributed by atoms with E-state index in [4.69, 9.17) is 14.2 Å². The van der Waals surface area contributed by atoms with Gasteiger partial charge in [0.15, 0.2) is 0 Å². The number of rotatable bonds is 5. The smallest absolute Gasteiger partial charge is 0.371 e. The maximum absolute atomic E-state index is 11.1. The third kappa shape index (κ3) is 11.5. The van der Waals surface area contributed by atoms with E-state index in [1.807, 2.05) is 19.6 Å². The Labute approximate surface area is 99.9 Å². The molecule has 0 aliphatic carbocycles. The SMILES string of the molecule is C[SiH](C)COOCC#CC(=O)O[Si](C)(C)C. The average molecular weight is 260 g/mol. The van der Waals surface area contributed by atoms with E-state index in [0.717, 1.165) is 0 Å². The van der Waals surface area contributed by atoms with Crippen LogP contribution >= 0.6 is 0 Å². The van der Waals surface area contributed by atoms with Crippen LogP contribution in [0.25, 0.3) is 0 Å². The van der Waals surface area contributed by atoms with Crippen molar-refractivity contribution in [3.8, 4) is 11.8 Å². The van der Waals surface area contributed by atoms with Crippen LogP contribution in [0.15, 0.2) is 0 Å². The third-order valence-corrected chi connectivity index (χ3v) is 2.81. The van der Waals surface area contributed by atoms with E-state index in [9.17, 15) is 4.79 Å². The molecule has 0 aliphatic rings. The number of carbonyl (C=O) groups is 1. The minimum atomic E-state index is -1.83. The fourth-order valence-corrected chi connectivity index (χ4v) is 1.64. The highest BCUT2D eigenvalue weighted by Crippen LogP contribution is 2.01. The predicted octanol–water partition coefficient (Wildman–Crippen LogP) is 1.34. The maximum atomic E-state index is 11.1. The van der Waals surface area contributed by atoms with Crippen molar-refractivity contribution in [2.24, 2.45) is 0 Å². The molecule has 92 valence electrons. The molecule has 0 N–H and O–H groups in total. The first kappa shape index (κ1) is 15.4. The molecule has 0 atom stereocenters. The Kier molecular flexibility index (Phi) is 7.33. The van der Waals surface area contributed by atoms with Crippen LogP contribution in [-0.4, -0.2) is 35.9 Å². The summed E-state index contributed by atoms with van der Waals surface area (Å²) >= 11 is 0. The van der Waals surface area contributed by atoms with Crippen molar-refractivity contribution in [3.63, 3.8) is 0 Å². The molecule has 0 heterocycles. The van der Waals surface area contributed by atoms with Gasteiger partial charge >= 0.3 is 5.97 Å². The van der Waals surface area contributed by atoms with Gasteiger partial charge in [0.1, 0.15) is 6.61 Å². The largest absolute Gasteiger partial charge is 0.511 e. The lowest BCUT2D eigenvalue weighted by Gasteiger charge is -2.14. The quantitative estimate of drug-likeness (QED) is 0.246. The summed E-state index contributed by atoms with van der Waals surface area (Å²) in [6, 6.07) is 0. The standard InChI is InChI=1S/C10H20O4Si2/c1-15(2)9-13-12-8-6-7-10(11)14-16(3,4)5/h15H,8-9H2,1-5H3. The van der Waals surface area contributed by atoms with Crippen molar-refractivity contribution in [3.05, 3.63) is 0 Å². The molecule has 0 saturated heterocycles. The molecule has 0 bridgehead atoms. The van der Waals surface area contributed by atoms with E-state index < -0.39 is 23.1 Å². The highest BCUT2D eigenvalue weighted by Gasteiger charge is 2.18. The van der Waals surface area contributed by atoms with Gasteiger partial charge < -0.3 is 4.43 Å². The highest BCUT2D eigenvalue weighted by atomic mass is 28.4. The number of carbonyl (C=O) groups excluding carboxylic acids is 1. The second-order valence-corrected chi connectivity index (χ2v) is 12.3. The van der Waals surface area contributed by atoms with Gasteiger partial charge in [-0.25, -0.2) is 14.6 Å². The van der Waals surface area contributed by atoms with E-state index in [1.54, 1.807) is 0 Å². The van der Waals surface area contributed by atoms with E-state index >= 15 is 0 Å². The van der Waals surface area contributed by atoms with E-state index in [-0.39, 0.29) is 6.61 Å². The van der Waals surface area contributed by atoms with Crippen LogP contribution < -0.4 is 0 Å². The average Bonchev–Trinajstić information content (AvgIpc) is 2.07. The second-order valence-electron chi connectivity index (χ2n) is 4.74. The molecule has 6 heteroatoms. The molecule has 4 nitrogen and oxygen atoms in total. The monoisotopic (exact) mass is 260 g/mol. The highest BCUT2D eigenvalue weighted by molar-refractivity contribution is 6.71. The van der Waals surface area contributed by atoms with Gasteiger partial charge in [0.05, 0.1) is 15.0 Å². The summed E-state index contributed by atoms with van der Waals surface area (Å²) in [5.74, 6) is 4.42. The van der Waals surface area contributed by atoms with E-state index in [1.165, 1.54) is 0 Å². The lowest BCUT2D eigenvalue weighted by atomic mass is 10.6. The first-order valence-corrected chi connectivity index (χ1v) is 11.8. The summed E-state index contributed by atoms with van der Waals surface area (Å²) in [5, 5.41) is 0. The molecule has 0 unspecified atom stereocenters. The van der Waals surface area contributed by atoms with Crippen molar-refractivity contribution in [1.29, 1.82) is 0 Å². The number of hydrogen-bond acceptors (Lipinski definition) is 4. The topological polar surface area (TPSA) is 44.8 Å². The molecule has 16 heavy (non-hydrogen) atoms. The van der Waals surface area contributed by atoms with Gasteiger partial charge in [-0.2, -0.15) is 0 Å². The lowest BCUT2D eigenvalue weighted by molar-refractivity contribution is -0.271. The minimum absolute atomic E-state index is 0.0991. The molecular weight excluding hydrogens is 240 g/mol. The van der Waals surface area contributed by atoms with Crippen LogP contribution in [0.4, 0.5) is 0 Å². The van der Waals surface area contributed by atoms with Crippen molar-refractivity contribution >= 4 is 23.1 Å². The van der Waals surface area contributed by atoms with Gasteiger partial charge in [-0.05, 0) is 19.6 Å². The van der Waals surface area contributed by atoms with Crippen LogP contribution in [0.1, 0.15) is 0 Å². The Balaban J connectivity index is 3.65. The Morgan fingerprint density at radius 1 is 1.25 bits per heavy atom. The molecule has 0 aliphatic heterocycles. The molecular formula is C10H20O4Si2. The first-order chi connectivity index (χ1) is 7.31. The van der Waals surface area contributed by atoms with Gasteiger partial charge in [0.2, 0.25) is 8.32 Å². The lowest BCUT2D eigenvalue weighted by Crippen LogP contribution is -2.28. The Hall–Kier alpha value is -0.616. The molecule has 0 aromatic heterocycles. The molecule has 0 spiro atoms. The maximum Gasteiger partial charge on any atom is 0.371 e. The van der Waals surface area contributed by atoms with Gasteiger partial charge in [-0.15, -0.1) is 0 Å². The zero-order valence-electron chi connectivity index (χ0n) is 10.6. The molecule has 0 saturated carbocycles. The zero-order valence-corrected chi connectivity index (χ0v) is 12.8. The molecule has 0 aromatic rings. The van der Waals surface area contributed by atoms with Gasteiger partial charge in [-0.3, -0.25) is 0 Å². The third-order valence-electron chi connectivity index (χ3n) is 1.21. The zero-order chi connectivity index (χ0) is 12.6. The Bertz CT molecular complexity index is 273. The van der Waals surface area contributed by atoms with Crippen molar-refractivity contribution < 1.29 is 19.0 Å². The summed E-state index contributed by atoms with van der Waals surface area (Å²) in [7, 11) is -2.58. The fourth-order valence-electron chi connectivity index (χ4n) is 0.667. The summed E-state index contributed by atoms with van der Waals surface area (Å²) in [6.45, 7) is 10.2. The van der Waals surface area contributed by atoms with Gasteiger partial charge in [0.25, 0.3) is 0 Å².